The third-order valence-electron chi connectivity index (χ3n) is 2.79. The summed E-state index contributed by atoms with van der Waals surface area (Å²) in [5.74, 6) is 0.455. The molecule has 0 bridgehead atoms. The van der Waals surface area contributed by atoms with Gasteiger partial charge in [0.1, 0.15) is 5.01 Å². The number of nitrogens with zero attached hydrogens (tertiary/aromatic N) is 3. The van der Waals surface area contributed by atoms with E-state index in [1.165, 1.54) is 0 Å². The van der Waals surface area contributed by atoms with Gasteiger partial charge in [-0.3, -0.25) is 0 Å². The van der Waals surface area contributed by atoms with Crippen LogP contribution in [-0.4, -0.2) is 36.0 Å². The summed E-state index contributed by atoms with van der Waals surface area (Å²) in [6.45, 7) is 10.5. The lowest BCUT2D eigenvalue weighted by molar-refractivity contribution is 0.0909. The first kappa shape index (κ1) is 12.5. The molecule has 0 amide bonds. The lowest BCUT2D eigenvalue weighted by Gasteiger charge is -2.14. The van der Waals surface area contributed by atoms with E-state index in [-0.39, 0.29) is 0 Å². The summed E-state index contributed by atoms with van der Waals surface area (Å²) >= 11 is 1.69. The van der Waals surface area contributed by atoms with Crippen LogP contribution in [0.5, 0.6) is 0 Å². The van der Waals surface area contributed by atoms with Crippen molar-refractivity contribution in [1.82, 2.24) is 10.2 Å². The van der Waals surface area contributed by atoms with Gasteiger partial charge in [-0.2, -0.15) is 0 Å². The average molecular weight is 253 g/mol. The van der Waals surface area contributed by atoms with Gasteiger partial charge in [0, 0.05) is 19.0 Å². The Morgan fingerprint density at radius 1 is 1.59 bits per heavy atom. The Balaban J connectivity index is 1.92. The van der Waals surface area contributed by atoms with Gasteiger partial charge in [0.05, 0.1) is 12.7 Å². The van der Waals surface area contributed by atoms with E-state index < -0.39 is 0 Å². The minimum absolute atomic E-state index is 0.305. The predicted molar refractivity (Wildman–Crippen MR) is 70.8 cm³/mol. The van der Waals surface area contributed by atoms with Gasteiger partial charge >= 0.3 is 0 Å². The van der Waals surface area contributed by atoms with Crippen LogP contribution in [0.2, 0.25) is 0 Å². The lowest BCUT2D eigenvalue weighted by atomic mass is 10.2. The molecule has 1 aliphatic heterocycles. The third-order valence-corrected chi connectivity index (χ3v) is 4.07. The number of ether oxygens (including phenoxy) is 1. The van der Waals surface area contributed by atoms with Crippen LogP contribution in [-0.2, 0) is 4.74 Å². The topological polar surface area (TPSA) is 38.2 Å². The van der Waals surface area contributed by atoms with Gasteiger partial charge in [0.2, 0.25) is 5.13 Å². The van der Waals surface area contributed by atoms with Gasteiger partial charge in [-0.15, -0.1) is 16.8 Å². The molecule has 5 heteroatoms. The molecule has 1 aromatic heterocycles. The molecule has 1 aliphatic rings. The molecule has 0 aliphatic carbocycles. The highest BCUT2D eigenvalue weighted by atomic mass is 32.1. The minimum Gasteiger partial charge on any atom is -0.372 e. The zero-order valence-corrected chi connectivity index (χ0v) is 11.2. The Morgan fingerprint density at radius 3 is 3.06 bits per heavy atom. The molecule has 4 nitrogen and oxygen atoms in total. The van der Waals surface area contributed by atoms with Crippen molar-refractivity contribution in [1.29, 1.82) is 0 Å². The van der Waals surface area contributed by atoms with E-state index in [4.69, 9.17) is 4.74 Å². The van der Waals surface area contributed by atoms with Crippen molar-refractivity contribution >= 4 is 16.5 Å². The smallest absolute Gasteiger partial charge is 0.208 e. The molecule has 1 atom stereocenters. The molecular formula is C12H19N3OS. The number of hydrogen-bond donors (Lipinski definition) is 0. The SMILES string of the molecule is C=CCOC1CCN(c2nnc(C(C)C)s2)C1. The van der Waals surface area contributed by atoms with E-state index in [1.54, 1.807) is 17.4 Å². The van der Waals surface area contributed by atoms with Crippen molar-refractivity contribution in [3.05, 3.63) is 17.7 Å². The fourth-order valence-corrected chi connectivity index (χ4v) is 2.71. The minimum atomic E-state index is 0.305. The van der Waals surface area contributed by atoms with Crippen LogP contribution in [0.25, 0.3) is 0 Å². The second kappa shape index (κ2) is 5.60. The summed E-state index contributed by atoms with van der Waals surface area (Å²) in [4.78, 5) is 2.26. The first-order valence-electron chi connectivity index (χ1n) is 6.01. The molecule has 0 N–H and O–H groups in total. The molecular weight excluding hydrogens is 234 g/mol. The summed E-state index contributed by atoms with van der Waals surface area (Å²) < 4.78 is 5.65. The number of aromatic nitrogens is 2. The number of anilines is 1. The van der Waals surface area contributed by atoms with E-state index in [2.05, 4.69) is 35.5 Å². The largest absolute Gasteiger partial charge is 0.372 e. The summed E-state index contributed by atoms with van der Waals surface area (Å²) in [5.41, 5.74) is 0. The first-order valence-corrected chi connectivity index (χ1v) is 6.83. The summed E-state index contributed by atoms with van der Waals surface area (Å²) in [7, 11) is 0. The quantitative estimate of drug-likeness (QED) is 0.755. The van der Waals surface area contributed by atoms with Crippen LogP contribution in [0.1, 0.15) is 31.2 Å². The van der Waals surface area contributed by atoms with Crippen LogP contribution >= 0.6 is 11.3 Å². The van der Waals surface area contributed by atoms with Crippen molar-refractivity contribution in [2.45, 2.75) is 32.3 Å². The Labute approximate surface area is 106 Å². The molecule has 2 heterocycles. The van der Waals surface area contributed by atoms with Crippen molar-refractivity contribution in [3.8, 4) is 0 Å². The lowest BCUT2D eigenvalue weighted by Crippen LogP contribution is -2.22. The van der Waals surface area contributed by atoms with Crippen LogP contribution in [0.15, 0.2) is 12.7 Å². The Hall–Kier alpha value is -0.940. The molecule has 17 heavy (non-hydrogen) atoms. The fraction of sp³-hybridized carbons (Fsp3) is 0.667. The summed E-state index contributed by atoms with van der Waals surface area (Å²) in [6, 6.07) is 0. The Kier molecular flexibility index (Phi) is 4.12. The van der Waals surface area contributed by atoms with Gasteiger partial charge in [-0.1, -0.05) is 31.3 Å². The van der Waals surface area contributed by atoms with Gasteiger partial charge in [-0.25, -0.2) is 0 Å². The van der Waals surface area contributed by atoms with Crippen LogP contribution in [0.3, 0.4) is 0 Å². The van der Waals surface area contributed by atoms with E-state index in [9.17, 15) is 0 Å². The molecule has 1 fully saturated rings. The van der Waals surface area contributed by atoms with Crippen molar-refractivity contribution in [3.63, 3.8) is 0 Å². The Bertz CT molecular complexity index is 378. The second-order valence-electron chi connectivity index (χ2n) is 4.56. The highest BCUT2D eigenvalue weighted by Crippen LogP contribution is 2.28. The average Bonchev–Trinajstić information content (AvgIpc) is 2.94. The normalized spacial score (nSPS) is 20.2. The fourth-order valence-electron chi connectivity index (χ4n) is 1.83. The van der Waals surface area contributed by atoms with E-state index in [0.29, 0.717) is 18.6 Å². The maximum absolute atomic E-state index is 5.65. The van der Waals surface area contributed by atoms with E-state index in [1.807, 2.05) is 0 Å². The number of hydrogen-bond acceptors (Lipinski definition) is 5. The highest BCUT2D eigenvalue weighted by Gasteiger charge is 2.25. The first-order chi connectivity index (χ1) is 8.20. The van der Waals surface area contributed by atoms with Gasteiger partial charge in [0.25, 0.3) is 0 Å². The molecule has 1 saturated heterocycles. The van der Waals surface area contributed by atoms with Crippen LogP contribution < -0.4 is 4.90 Å². The molecule has 2 rings (SSSR count). The standard InChI is InChI=1S/C12H19N3OS/c1-4-7-16-10-5-6-15(8-10)12-14-13-11(17-12)9(2)3/h4,9-10H,1,5-8H2,2-3H3. The second-order valence-corrected chi connectivity index (χ2v) is 5.54. The van der Waals surface area contributed by atoms with Crippen molar-refractivity contribution < 1.29 is 4.74 Å². The van der Waals surface area contributed by atoms with Gasteiger partial charge in [0.15, 0.2) is 0 Å². The third kappa shape index (κ3) is 3.04. The van der Waals surface area contributed by atoms with Gasteiger partial charge in [-0.05, 0) is 6.42 Å². The molecule has 1 unspecified atom stereocenters. The predicted octanol–water partition coefficient (Wildman–Crippen LogP) is 2.44. The monoisotopic (exact) mass is 253 g/mol. The van der Waals surface area contributed by atoms with Crippen molar-refractivity contribution in [2.24, 2.45) is 0 Å². The maximum atomic E-state index is 5.65. The van der Waals surface area contributed by atoms with Gasteiger partial charge < -0.3 is 9.64 Å². The molecule has 0 spiro atoms. The number of rotatable bonds is 5. The van der Waals surface area contributed by atoms with E-state index in [0.717, 1.165) is 29.6 Å². The molecule has 1 aromatic rings. The summed E-state index contributed by atoms with van der Waals surface area (Å²) in [6.07, 6.45) is 3.16. The highest BCUT2D eigenvalue weighted by molar-refractivity contribution is 7.15. The zero-order chi connectivity index (χ0) is 12.3. The van der Waals surface area contributed by atoms with Crippen molar-refractivity contribution in [2.75, 3.05) is 24.6 Å². The molecule has 0 radical (unpaired) electrons. The molecule has 94 valence electrons. The summed E-state index contributed by atoms with van der Waals surface area (Å²) in [5, 5.41) is 10.6. The molecule has 0 saturated carbocycles. The maximum Gasteiger partial charge on any atom is 0.208 e. The van der Waals surface area contributed by atoms with E-state index >= 15 is 0 Å². The zero-order valence-electron chi connectivity index (χ0n) is 10.4. The Morgan fingerprint density at radius 2 is 2.41 bits per heavy atom. The van der Waals surface area contributed by atoms with Crippen LogP contribution in [0.4, 0.5) is 5.13 Å². The van der Waals surface area contributed by atoms with Crippen LogP contribution in [0, 0.1) is 0 Å². The molecule has 0 aromatic carbocycles.